The third-order valence-electron chi connectivity index (χ3n) is 2.37. The molecule has 17 heavy (non-hydrogen) atoms. The van der Waals surface area contributed by atoms with Crippen molar-refractivity contribution in [2.75, 3.05) is 7.11 Å². The molecule has 0 heterocycles. The molecule has 0 aromatic heterocycles. The fourth-order valence-corrected chi connectivity index (χ4v) is 1.81. The summed E-state index contributed by atoms with van der Waals surface area (Å²) in [6.45, 7) is 5.60. The largest absolute Gasteiger partial charge is 0.496 e. The molecule has 0 fully saturated rings. The first kappa shape index (κ1) is 13.6. The van der Waals surface area contributed by atoms with Crippen molar-refractivity contribution in [2.45, 2.75) is 20.8 Å². The van der Waals surface area contributed by atoms with Crippen molar-refractivity contribution in [1.29, 1.82) is 0 Å². The van der Waals surface area contributed by atoms with Crippen molar-refractivity contribution in [2.24, 2.45) is 0 Å². The lowest BCUT2D eigenvalue weighted by Gasteiger charge is -2.13. The average molecular weight is 255 g/mol. The van der Waals surface area contributed by atoms with E-state index >= 15 is 0 Å². The Labute approximate surface area is 106 Å². The number of halogens is 1. The van der Waals surface area contributed by atoms with E-state index < -0.39 is 5.97 Å². The van der Waals surface area contributed by atoms with Crippen LogP contribution in [-0.2, 0) is 0 Å². The smallest absolute Gasteiger partial charge is 0.336 e. The minimum absolute atomic E-state index is 0.152. The molecule has 3 nitrogen and oxygen atoms in total. The first-order valence-corrected chi connectivity index (χ1v) is 5.51. The van der Waals surface area contributed by atoms with Crippen molar-refractivity contribution in [3.8, 4) is 5.75 Å². The molecule has 0 aliphatic carbocycles. The highest BCUT2D eigenvalue weighted by atomic mass is 35.5. The number of carboxylic acids is 1. The number of allylic oxidation sites excluding steroid dienone is 1. The topological polar surface area (TPSA) is 46.5 Å². The summed E-state index contributed by atoms with van der Waals surface area (Å²) in [6, 6.07) is 1.45. The quantitative estimate of drug-likeness (QED) is 0.893. The van der Waals surface area contributed by atoms with Crippen LogP contribution in [0.2, 0.25) is 5.02 Å². The van der Waals surface area contributed by atoms with Gasteiger partial charge in [0.2, 0.25) is 0 Å². The molecule has 0 saturated carbocycles. The lowest BCUT2D eigenvalue weighted by molar-refractivity contribution is 0.0696. The number of methoxy groups -OCH3 is 1. The first-order chi connectivity index (χ1) is 7.88. The van der Waals surface area contributed by atoms with Crippen molar-refractivity contribution >= 4 is 23.6 Å². The molecule has 92 valence electrons. The minimum atomic E-state index is -1.02. The molecule has 1 rings (SSSR count). The predicted molar refractivity (Wildman–Crippen MR) is 69.0 cm³/mol. The van der Waals surface area contributed by atoms with Crippen molar-refractivity contribution in [3.05, 3.63) is 33.4 Å². The summed E-state index contributed by atoms with van der Waals surface area (Å²) >= 11 is 5.99. The number of benzene rings is 1. The van der Waals surface area contributed by atoms with Crippen LogP contribution in [0.4, 0.5) is 0 Å². The van der Waals surface area contributed by atoms with Gasteiger partial charge in [-0.3, -0.25) is 0 Å². The maximum absolute atomic E-state index is 11.2. The minimum Gasteiger partial charge on any atom is -0.496 e. The molecule has 1 N–H and O–H groups in total. The summed E-state index contributed by atoms with van der Waals surface area (Å²) in [6.07, 6.45) is 1.78. The predicted octanol–water partition coefficient (Wildman–Crippen LogP) is 3.78. The number of hydrogen-bond acceptors (Lipinski definition) is 2. The van der Waals surface area contributed by atoms with Gasteiger partial charge in [-0.15, -0.1) is 0 Å². The lowest BCUT2D eigenvalue weighted by atomic mass is 10.0. The zero-order valence-corrected chi connectivity index (χ0v) is 11.1. The Morgan fingerprint density at radius 1 is 1.47 bits per heavy atom. The Bertz CT molecular complexity index is 486. The second kappa shape index (κ2) is 5.23. The van der Waals surface area contributed by atoms with Crippen molar-refractivity contribution in [1.82, 2.24) is 0 Å². The molecule has 1 aromatic carbocycles. The van der Waals surface area contributed by atoms with Gasteiger partial charge in [0.25, 0.3) is 0 Å². The lowest BCUT2D eigenvalue weighted by Crippen LogP contribution is -2.04. The van der Waals surface area contributed by atoms with E-state index in [1.54, 1.807) is 13.0 Å². The maximum Gasteiger partial charge on any atom is 0.336 e. The Hall–Kier alpha value is -1.48. The van der Waals surface area contributed by atoms with Gasteiger partial charge in [-0.2, -0.15) is 0 Å². The summed E-state index contributed by atoms with van der Waals surface area (Å²) in [7, 11) is 1.51. The van der Waals surface area contributed by atoms with Gasteiger partial charge >= 0.3 is 5.97 Å². The molecular formula is C13H15ClO3. The van der Waals surface area contributed by atoms with Crippen molar-refractivity contribution in [3.63, 3.8) is 0 Å². The molecule has 0 spiro atoms. The molecule has 0 bridgehead atoms. The van der Waals surface area contributed by atoms with Gasteiger partial charge in [-0.1, -0.05) is 23.3 Å². The maximum atomic E-state index is 11.2. The average Bonchev–Trinajstić information content (AvgIpc) is 2.22. The molecule has 0 radical (unpaired) electrons. The fraction of sp³-hybridized carbons (Fsp3) is 0.308. The first-order valence-electron chi connectivity index (χ1n) is 5.13. The monoisotopic (exact) mass is 254 g/mol. The van der Waals surface area contributed by atoms with Gasteiger partial charge in [-0.25, -0.2) is 4.79 Å². The Morgan fingerprint density at radius 3 is 2.47 bits per heavy atom. The molecule has 0 aliphatic heterocycles. The summed E-state index contributed by atoms with van der Waals surface area (Å²) < 4.78 is 5.26. The molecule has 0 aliphatic rings. The van der Waals surface area contributed by atoms with Crippen LogP contribution < -0.4 is 4.74 Å². The second-order valence-electron chi connectivity index (χ2n) is 4.00. The van der Waals surface area contributed by atoms with Gasteiger partial charge in [0.05, 0.1) is 12.7 Å². The van der Waals surface area contributed by atoms with E-state index in [1.165, 1.54) is 13.2 Å². The van der Waals surface area contributed by atoms with Gasteiger partial charge < -0.3 is 9.84 Å². The zero-order valence-electron chi connectivity index (χ0n) is 10.3. The number of ether oxygens (including phenoxy) is 1. The van der Waals surface area contributed by atoms with Gasteiger partial charge in [-0.05, 0) is 26.8 Å². The normalized spacial score (nSPS) is 9.94. The molecule has 0 atom stereocenters. The molecule has 0 amide bonds. The van der Waals surface area contributed by atoms with Crippen LogP contribution in [0.15, 0.2) is 11.6 Å². The van der Waals surface area contributed by atoms with E-state index in [0.29, 0.717) is 16.3 Å². The number of aromatic carboxylic acids is 1. The molecule has 1 aromatic rings. The van der Waals surface area contributed by atoms with Crippen LogP contribution >= 0.6 is 11.6 Å². The fourth-order valence-electron chi connectivity index (χ4n) is 1.62. The van der Waals surface area contributed by atoms with E-state index in [9.17, 15) is 9.90 Å². The van der Waals surface area contributed by atoms with E-state index in [0.717, 1.165) is 11.1 Å². The Balaban J connectivity index is 3.66. The van der Waals surface area contributed by atoms with Crippen LogP contribution in [0.5, 0.6) is 5.75 Å². The van der Waals surface area contributed by atoms with Crippen LogP contribution in [0, 0.1) is 6.92 Å². The molecular weight excluding hydrogens is 240 g/mol. The van der Waals surface area contributed by atoms with Gasteiger partial charge in [0.1, 0.15) is 5.75 Å². The molecule has 4 heteroatoms. The summed E-state index contributed by atoms with van der Waals surface area (Å²) in [5.74, 6) is -0.506. The Morgan fingerprint density at radius 2 is 2.06 bits per heavy atom. The van der Waals surface area contributed by atoms with Crippen LogP contribution in [0.25, 0.3) is 6.08 Å². The van der Waals surface area contributed by atoms with E-state index in [1.807, 2.05) is 13.8 Å². The number of rotatable bonds is 3. The standard InChI is InChI=1S/C13H15ClO3/c1-7(2)5-9-10(13(15)16)6-11(14)8(3)12(9)17-4/h5-6H,1-4H3,(H,15,16). The van der Waals surface area contributed by atoms with Crippen LogP contribution in [0.1, 0.15) is 35.3 Å². The highest BCUT2D eigenvalue weighted by molar-refractivity contribution is 6.32. The van der Waals surface area contributed by atoms with E-state index in [2.05, 4.69) is 0 Å². The zero-order chi connectivity index (χ0) is 13.2. The summed E-state index contributed by atoms with van der Waals surface area (Å²) in [5.41, 5.74) is 2.44. The molecule has 0 unspecified atom stereocenters. The Kier molecular flexibility index (Phi) is 4.18. The van der Waals surface area contributed by atoms with Gasteiger partial charge in [0, 0.05) is 16.1 Å². The number of hydrogen-bond donors (Lipinski definition) is 1. The van der Waals surface area contributed by atoms with Crippen LogP contribution in [0.3, 0.4) is 0 Å². The number of carboxylic acid groups (broad SMARTS) is 1. The SMILES string of the molecule is COc1c(C)c(Cl)cc(C(=O)O)c1C=C(C)C. The molecule has 0 saturated heterocycles. The second-order valence-corrected chi connectivity index (χ2v) is 4.41. The van der Waals surface area contributed by atoms with Gasteiger partial charge in [0.15, 0.2) is 0 Å². The third kappa shape index (κ3) is 2.80. The summed E-state index contributed by atoms with van der Waals surface area (Å²) in [4.78, 5) is 11.2. The van der Waals surface area contributed by atoms with Crippen molar-refractivity contribution < 1.29 is 14.6 Å². The van der Waals surface area contributed by atoms with Crippen LogP contribution in [-0.4, -0.2) is 18.2 Å². The van der Waals surface area contributed by atoms with E-state index in [4.69, 9.17) is 16.3 Å². The highest BCUT2D eigenvalue weighted by Crippen LogP contribution is 2.34. The summed E-state index contributed by atoms with van der Waals surface area (Å²) in [5, 5.41) is 9.56. The van der Waals surface area contributed by atoms with E-state index in [-0.39, 0.29) is 5.56 Å². The third-order valence-corrected chi connectivity index (χ3v) is 2.76. The number of carbonyl (C=O) groups is 1. The highest BCUT2D eigenvalue weighted by Gasteiger charge is 2.18.